The zero-order valence-corrected chi connectivity index (χ0v) is 24.0. The van der Waals surface area contributed by atoms with E-state index < -0.39 is 11.9 Å². The quantitative estimate of drug-likeness (QED) is 0.0935. The van der Waals surface area contributed by atoms with Crippen LogP contribution in [0.4, 0.5) is 0 Å². The summed E-state index contributed by atoms with van der Waals surface area (Å²) in [6.07, 6.45) is 2.10. The largest absolute Gasteiger partial charge is 0.427 e. The summed E-state index contributed by atoms with van der Waals surface area (Å²) in [6, 6.07) is 25.0. The molecule has 0 bridgehead atoms. The van der Waals surface area contributed by atoms with Gasteiger partial charge in [-0.15, -0.1) is 0 Å². The molecule has 0 saturated carbocycles. The van der Waals surface area contributed by atoms with Crippen molar-refractivity contribution in [3.8, 4) is 11.5 Å². The van der Waals surface area contributed by atoms with Crippen LogP contribution in [0.2, 0.25) is 0 Å². The maximum atomic E-state index is 13.0. The summed E-state index contributed by atoms with van der Waals surface area (Å²) >= 11 is 0. The molecule has 0 radical (unpaired) electrons. The third-order valence-corrected chi connectivity index (χ3v) is 7.89. The number of pyridine rings is 2. The molecule has 2 heterocycles. The van der Waals surface area contributed by atoms with Gasteiger partial charge < -0.3 is 18.6 Å². The summed E-state index contributed by atoms with van der Waals surface area (Å²) in [5.41, 5.74) is 2.99. The highest BCUT2D eigenvalue weighted by Gasteiger charge is 2.13. The molecule has 8 heteroatoms. The molecule has 0 aliphatic carbocycles. The standard InChI is InChI=1S/C35H30N2O6/c1-36-28-12-8-6-10-24(28)34(40)26-20-22(16-18-30(26)36)42-32(38)14-4-3-5-15-33(39)43-23-17-19-31-27(21-23)35(41)25-11-7-9-13-29(25)37(31)2/h6-13,16-21H,3-5,14-15H2,1-2H3. The van der Waals surface area contributed by atoms with E-state index in [1.54, 1.807) is 48.5 Å². The summed E-state index contributed by atoms with van der Waals surface area (Å²) in [5.74, 6) is -0.145. The third-order valence-electron chi connectivity index (χ3n) is 7.89. The summed E-state index contributed by atoms with van der Waals surface area (Å²) < 4.78 is 14.9. The molecule has 0 N–H and O–H groups in total. The van der Waals surface area contributed by atoms with Crippen molar-refractivity contribution in [3.05, 3.63) is 105 Å². The molecule has 4 aromatic carbocycles. The van der Waals surface area contributed by atoms with Crippen LogP contribution in [-0.2, 0) is 23.7 Å². The number of carbonyl (C=O) groups is 2. The molecule has 0 saturated heterocycles. The predicted octanol–water partition coefficient (Wildman–Crippen LogP) is 6.16. The first-order chi connectivity index (χ1) is 20.8. The van der Waals surface area contributed by atoms with Gasteiger partial charge in [-0.3, -0.25) is 19.2 Å². The lowest BCUT2D eigenvalue weighted by Crippen LogP contribution is -2.11. The van der Waals surface area contributed by atoms with Crippen LogP contribution >= 0.6 is 0 Å². The van der Waals surface area contributed by atoms with E-state index in [1.165, 1.54) is 0 Å². The molecular weight excluding hydrogens is 544 g/mol. The first kappa shape index (κ1) is 27.9. The fraction of sp³-hybridized carbons (Fsp3) is 0.200. The normalized spacial score (nSPS) is 11.4. The van der Waals surface area contributed by atoms with Crippen LogP contribution in [0.3, 0.4) is 0 Å². The van der Waals surface area contributed by atoms with Crippen LogP contribution in [0.1, 0.15) is 32.1 Å². The van der Waals surface area contributed by atoms with Crippen LogP contribution in [0, 0.1) is 0 Å². The van der Waals surface area contributed by atoms with Gasteiger partial charge in [-0.2, -0.15) is 0 Å². The third kappa shape index (κ3) is 5.39. The van der Waals surface area contributed by atoms with Gasteiger partial charge in [-0.1, -0.05) is 30.7 Å². The topological polar surface area (TPSA) is 96.6 Å². The molecule has 0 atom stereocenters. The predicted molar refractivity (Wildman–Crippen MR) is 168 cm³/mol. The maximum absolute atomic E-state index is 13.0. The second-order valence-electron chi connectivity index (χ2n) is 10.7. The Morgan fingerprint density at radius 1 is 0.535 bits per heavy atom. The summed E-state index contributed by atoms with van der Waals surface area (Å²) in [6.45, 7) is 0. The number of hydrogen-bond acceptors (Lipinski definition) is 6. The van der Waals surface area contributed by atoms with E-state index in [2.05, 4.69) is 0 Å². The van der Waals surface area contributed by atoms with E-state index in [9.17, 15) is 19.2 Å². The number of rotatable bonds is 8. The van der Waals surface area contributed by atoms with Gasteiger partial charge in [0.1, 0.15) is 11.5 Å². The average molecular weight is 575 g/mol. The lowest BCUT2D eigenvalue weighted by Gasteiger charge is -2.12. The first-order valence-corrected chi connectivity index (χ1v) is 14.3. The Kier molecular flexibility index (Phi) is 7.50. The van der Waals surface area contributed by atoms with Crippen LogP contribution in [-0.4, -0.2) is 21.1 Å². The number of fused-ring (bicyclic) bond motifs is 4. The lowest BCUT2D eigenvalue weighted by atomic mass is 10.1. The Labute approximate surface area is 246 Å². The molecular formula is C35H30N2O6. The fourth-order valence-electron chi connectivity index (χ4n) is 5.65. The second kappa shape index (κ2) is 11.6. The lowest BCUT2D eigenvalue weighted by molar-refractivity contribution is -0.134. The number of aryl methyl sites for hydroxylation is 2. The number of nitrogens with zero attached hydrogens (tertiary/aromatic N) is 2. The van der Waals surface area contributed by atoms with Gasteiger partial charge in [-0.25, -0.2) is 0 Å². The minimum absolute atomic E-state index is 0.104. The van der Waals surface area contributed by atoms with E-state index in [0.717, 1.165) is 22.1 Å². The van der Waals surface area contributed by atoms with Crippen molar-refractivity contribution < 1.29 is 19.1 Å². The molecule has 2 aromatic heterocycles. The number of carbonyl (C=O) groups excluding carboxylic acids is 2. The van der Waals surface area contributed by atoms with Crippen LogP contribution in [0.5, 0.6) is 11.5 Å². The molecule has 6 rings (SSSR count). The monoisotopic (exact) mass is 574 g/mol. The van der Waals surface area contributed by atoms with Gasteiger partial charge in [0.25, 0.3) is 0 Å². The first-order valence-electron chi connectivity index (χ1n) is 14.3. The molecule has 6 aromatic rings. The highest BCUT2D eigenvalue weighted by atomic mass is 16.5. The zero-order chi connectivity index (χ0) is 30.1. The Balaban J connectivity index is 1.01. The number of ether oxygens (including phenoxy) is 2. The van der Waals surface area contributed by atoms with Gasteiger partial charge in [-0.05, 0) is 73.5 Å². The number of benzene rings is 4. The van der Waals surface area contributed by atoms with Crippen molar-refractivity contribution in [1.29, 1.82) is 0 Å². The number of para-hydroxylation sites is 2. The van der Waals surface area contributed by atoms with E-state index in [-0.39, 0.29) is 23.7 Å². The number of hydrogen-bond donors (Lipinski definition) is 0. The molecule has 0 spiro atoms. The molecule has 8 nitrogen and oxygen atoms in total. The molecule has 216 valence electrons. The second-order valence-corrected chi connectivity index (χ2v) is 10.7. The molecule has 0 fully saturated rings. The van der Waals surface area contributed by atoms with Crippen LogP contribution in [0.25, 0.3) is 43.6 Å². The van der Waals surface area contributed by atoms with Gasteiger partial charge >= 0.3 is 11.9 Å². The molecule has 0 aliphatic rings. The Hall–Kier alpha value is -5.24. The molecule has 0 amide bonds. The average Bonchev–Trinajstić information content (AvgIpc) is 3.02. The molecule has 0 aliphatic heterocycles. The van der Waals surface area contributed by atoms with Gasteiger partial charge in [0.15, 0.2) is 10.9 Å². The Bertz CT molecular complexity index is 2020. The number of esters is 2. The number of aromatic nitrogens is 2. The fourth-order valence-corrected chi connectivity index (χ4v) is 5.65. The minimum Gasteiger partial charge on any atom is -0.427 e. The van der Waals surface area contributed by atoms with E-state index in [4.69, 9.17) is 9.47 Å². The van der Waals surface area contributed by atoms with Gasteiger partial charge in [0.05, 0.1) is 22.1 Å². The van der Waals surface area contributed by atoms with E-state index in [0.29, 0.717) is 52.3 Å². The van der Waals surface area contributed by atoms with E-state index >= 15 is 0 Å². The van der Waals surface area contributed by atoms with Crippen molar-refractivity contribution in [3.63, 3.8) is 0 Å². The van der Waals surface area contributed by atoms with Crippen LogP contribution in [0.15, 0.2) is 94.5 Å². The van der Waals surface area contributed by atoms with Crippen molar-refractivity contribution in [2.75, 3.05) is 0 Å². The number of unbranched alkanes of at least 4 members (excludes halogenated alkanes) is 2. The summed E-state index contributed by atoms with van der Waals surface area (Å²) in [7, 11) is 3.80. The van der Waals surface area contributed by atoms with Crippen molar-refractivity contribution in [2.45, 2.75) is 32.1 Å². The Morgan fingerprint density at radius 3 is 1.37 bits per heavy atom. The molecule has 43 heavy (non-hydrogen) atoms. The summed E-state index contributed by atoms with van der Waals surface area (Å²) in [5, 5.41) is 2.20. The Morgan fingerprint density at radius 2 is 0.930 bits per heavy atom. The highest BCUT2D eigenvalue weighted by molar-refractivity contribution is 5.95. The van der Waals surface area contributed by atoms with Crippen molar-refractivity contribution >= 4 is 55.6 Å². The van der Waals surface area contributed by atoms with Crippen molar-refractivity contribution in [1.82, 2.24) is 9.13 Å². The van der Waals surface area contributed by atoms with Gasteiger partial charge in [0.2, 0.25) is 0 Å². The molecule has 0 unspecified atom stereocenters. The van der Waals surface area contributed by atoms with Crippen molar-refractivity contribution in [2.24, 2.45) is 14.1 Å². The highest BCUT2D eigenvalue weighted by Crippen LogP contribution is 2.24. The minimum atomic E-state index is -0.398. The SMILES string of the molecule is Cn1c2ccccc2c(=O)c2cc(OC(=O)CCCCCC(=O)Oc3ccc4c(c3)c(=O)c3ccccc3n4C)ccc21. The maximum Gasteiger partial charge on any atom is 0.311 e. The summed E-state index contributed by atoms with van der Waals surface area (Å²) in [4.78, 5) is 51.0. The zero-order valence-electron chi connectivity index (χ0n) is 24.0. The van der Waals surface area contributed by atoms with E-state index in [1.807, 2.05) is 59.6 Å². The smallest absolute Gasteiger partial charge is 0.311 e. The van der Waals surface area contributed by atoms with Gasteiger partial charge in [0, 0.05) is 48.5 Å². The van der Waals surface area contributed by atoms with Crippen LogP contribution < -0.4 is 20.3 Å².